The number of ether oxygens (including phenoxy) is 2. The first kappa shape index (κ1) is 15.7. The molecule has 0 bridgehead atoms. The molecule has 1 aromatic rings. The molecule has 1 fully saturated rings. The molecule has 1 heterocycles. The maximum absolute atomic E-state index is 12.1. The van der Waals surface area contributed by atoms with Crippen LogP contribution in [0.15, 0.2) is 23.1 Å². The van der Waals surface area contributed by atoms with E-state index in [1.54, 1.807) is 0 Å². The van der Waals surface area contributed by atoms with Gasteiger partial charge in [-0.3, -0.25) is 0 Å². The number of hydrogen-bond donors (Lipinski definition) is 2. The lowest BCUT2D eigenvalue weighted by Gasteiger charge is -2.23. The fraction of sp³-hybridized carbons (Fsp3) is 0.500. The zero-order valence-electron chi connectivity index (χ0n) is 10.7. The summed E-state index contributed by atoms with van der Waals surface area (Å²) in [5.74, 6) is 0. The van der Waals surface area contributed by atoms with Gasteiger partial charge < -0.3 is 14.6 Å². The maximum atomic E-state index is 12.1. The highest BCUT2D eigenvalue weighted by Gasteiger charge is 2.20. The highest BCUT2D eigenvalue weighted by molar-refractivity contribution is 7.89. The number of benzene rings is 1. The standard InChI is InChI=1S/C12H16ClNO5S/c13-12-5-11(2-1-9(12)7-15)20(16,17)14-6-10-8-18-3-4-19-10/h1-2,5,10,14-15H,3-4,6-8H2. The molecule has 1 aromatic carbocycles. The van der Waals surface area contributed by atoms with Gasteiger partial charge in [-0.25, -0.2) is 13.1 Å². The molecule has 1 unspecified atom stereocenters. The van der Waals surface area contributed by atoms with Crippen LogP contribution in [0.5, 0.6) is 0 Å². The van der Waals surface area contributed by atoms with Crippen LogP contribution >= 0.6 is 11.6 Å². The second-order valence-corrected chi connectivity index (χ2v) is 6.51. The second-order valence-electron chi connectivity index (χ2n) is 4.33. The number of rotatable bonds is 5. The molecule has 8 heteroatoms. The van der Waals surface area contributed by atoms with E-state index in [0.717, 1.165) is 0 Å². The summed E-state index contributed by atoms with van der Waals surface area (Å²) in [6.45, 7) is 1.26. The van der Waals surface area contributed by atoms with Crippen LogP contribution in [0.25, 0.3) is 0 Å². The van der Waals surface area contributed by atoms with Crippen LogP contribution < -0.4 is 4.72 Å². The van der Waals surface area contributed by atoms with Crippen LogP contribution in [-0.4, -0.2) is 46.0 Å². The van der Waals surface area contributed by atoms with Gasteiger partial charge in [-0.1, -0.05) is 17.7 Å². The Hall–Kier alpha value is -0.700. The normalized spacial score (nSPS) is 20.0. The first-order chi connectivity index (χ1) is 9.53. The SMILES string of the molecule is O=S(=O)(NCC1COCCO1)c1ccc(CO)c(Cl)c1. The lowest BCUT2D eigenvalue weighted by atomic mass is 10.2. The van der Waals surface area contributed by atoms with E-state index < -0.39 is 10.0 Å². The van der Waals surface area contributed by atoms with E-state index in [9.17, 15) is 8.42 Å². The fourth-order valence-corrected chi connectivity index (χ4v) is 3.16. The average molecular weight is 322 g/mol. The topological polar surface area (TPSA) is 84.9 Å². The van der Waals surface area contributed by atoms with Gasteiger partial charge in [0.05, 0.1) is 37.4 Å². The highest BCUT2D eigenvalue weighted by Crippen LogP contribution is 2.20. The fourth-order valence-electron chi connectivity index (χ4n) is 1.76. The summed E-state index contributed by atoms with van der Waals surface area (Å²) < 4.78 is 37.2. The van der Waals surface area contributed by atoms with Crippen molar-refractivity contribution in [1.29, 1.82) is 0 Å². The van der Waals surface area contributed by atoms with Gasteiger partial charge in [-0.2, -0.15) is 0 Å². The van der Waals surface area contributed by atoms with Gasteiger partial charge in [0.1, 0.15) is 0 Å². The third kappa shape index (κ3) is 3.91. The molecule has 1 atom stereocenters. The van der Waals surface area contributed by atoms with Crippen molar-refractivity contribution < 1.29 is 23.0 Å². The quantitative estimate of drug-likeness (QED) is 0.826. The molecule has 1 aliphatic heterocycles. The largest absolute Gasteiger partial charge is 0.392 e. The van der Waals surface area contributed by atoms with Gasteiger partial charge in [-0.05, 0) is 17.7 Å². The van der Waals surface area contributed by atoms with Crippen LogP contribution in [0.4, 0.5) is 0 Å². The molecule has 6 nitrogen and oxygen atoms in total. The minimum atomic E-state index is -3.66. The number of halogens is 1. The molecule has 112 valence electrons. The molecule has 0 radical (unpaired) electrons. The Bertz CT molecular complexity index is 557. The molecule has 20 heavy (non-hydrogen) atoms. The Morgan fingerprint density at radius 3 is 2.80 bits per heavy atom. The zero-order valence-corrected chi connectivity index (χ0v) is 12.3. The van der Waals surface area contributed by atoms with Crippen LogP contribution in [0.2, 0.25) is 5.02 Å². The van der Waals surface area contributed by atoms with E-state index in [0.29, 0.717) is 25.4 Å². The molecular weight excluding hydrogens is 306 g/mol. The van der Waals surface area contributed by atoms with Crippen molar-refractivity contribution in [2.24, 2.45) is 0 Å². The molecule has 2 rings (SSSR count). The number of sulfonamides is 1. The minimum Gasteiger partial charge on any atom is -0.392 e. The Balaban J connectivity index is 2.04. The summed E-state index contributed by atoms with van der Waals surface area (Å²) >= 11 is 5.89. The first-order valence-corrected chi connectivity index (χ1v) is 7.97. The van der Waals surface area contributed by atoms with Crippen LogP contribution in [-0.2, 0) is 26.1 Å². The number of nitrogens with one attached hydrogen (secondary N) is 1. The van der Waals surface area contributed by atoms with Gasteiger partial charge in [0.25, 0.3) is 0 Å². The van der Waals surface area contributed by atoms with E-state index in [2.05, 4.69) is 4.72 Å². The van der Waals surface area contributed by atoms with E-state index in [1.165, 1.54) is 18.2 Å². The lowest BCUT2D eigenvalue weighted by molar-refractivity contribution is -0.0846. The van der Waals surface area contributed by atoms with Crippen molar-refractivity contribution in [3.8, 4) is 0 Å². The van der Waals surface area contributed by atoms with Gasteiger partial charge in [0.15, 0.2) is 0 Å². The first-order valence-electron chi connectivity index (χ1n) is 6.11. The molecule has 1 saturated heterocycles. The van der Waals surface area contributed by atoms with Crippen LogP contribution in [0, 0.1) is 0 Å². The summed E-state index contributed by atoms with van der Waals surface area (Å²) in [7, 11) is -3.66. The van der Waals surface area contributed by atoms with Gasteiger partial charge in [-0.15, -0.1) is 0 Å². The van der Waals surface area contributed by atoms with E-state index in [-0.39, 0.29) is 29.2 Å². The van der Waals surface area contributed by atoms with Crippen molar-refractivity contribution in [2.45, 2.75) is 17.6 Å². The number of aliphatic hydroxyl groups is 1. The summed E-state index contributed by atoms with van der Waals surface area (Å²) in [5.41, 5.74) is 0.481. The molecular formula is C12H16ClNO5S. The van der Waals surface area contributed by atoms with Crippen molar-refractivity contribution in [3.63, 3.8) is 0 Å². The van der Waals surface area contributed by atoms with Crippen molar-refractivity contribution >= 4 is 21.6 Å². The molecule has 2 N–H and O–H groups in total. The maximum Gasteiger partial charge on any atom is 0.240 e. The van der Waals surface area contributed by atoms with Gasteiger partial charge in [0.2, 0.25) is 10.0 Å². The summed E-state index contributed by atoms with van der Waals surface area (Å²) in [4.78, 5) is 0.0522. The Kier molecular flexibility index (Phi) is 5.36. The van der Waals surface area contributed by atoms with Gasteiger partial charge in [0, 0.05) is 11.6 Å². The number of aliphatic hydroxyl groups excluding tert-OH is 1. The van der Waals surface area contributed by atoms with E-state index >= 15 is 0 Å². The minimum absolute atomic E-state index is 0.0522. The molecule has 0 saturated carbocycles. The van der Waals surface area contributed by atoms with Crippen LogP contribution in [0.3, 0.4) is 0 Å². The second kappa shape index (κ2) is 6.84. The lowest BCUT2D eigenvalue weighted by Crippen LogP contribution is -2.39. The van der Waals surface area contributed by atoms with Crippen molar-refractivity contribution in [3.05, 3.63) is 28.8 Å². The summed E-state index contributed by atoms with van der Waals surface area (Å²) in [6, 6.07) is 4.20. The monoisotopic (exact) mass is 321 g/mol. The zero-order chi connectivity index (χ0) is 14.6. The van der Waals surface area contributed by atoms with Crippen molar-refractivity contribution in [2.75, 3.05) is 26.4 Å². The Morgan fingerprint density at radius 2 is 2.20 bits per heavy atom. The molecule has 0 spiro atoms. The molecule has 0 aliphatic carbocycles. The Labute approximate surface area is 122 Å². The average Bonchev–Trinajstić information content (AvgIpc) is 2.46. The smallest absolute Gasteiger partial charge is 0.240 e. The Morgan fingerprint density at radius 1 is 1.40 bits per heavy atom. The molecule has 0 amide bonds. The van der Waals surface area contributed by atoms with Gasteiger partial charge >= 0.3 is 0 Å². The third-order valence-electron chi connectivity index (χ3n) is 2.89. The number of hydrogen-bond acceptors (Lipinski definition) is 5. The third-order valence-corrected chi connectivity index (χ3v) is 4.66. The summed E-state index contributed by atoms with van der Waals surface area (Å²) in [5, 5.41) is 9.22. The highest BCUT2D eigenvalue weighted by atomic mass is 35.5. The van der Waals surface area contributed by atoms with Crippen LogP contribution in [0.1, 0.15) is 5.56 Å². The summed E-state index contributed by atoms with van der Waals surface area (Å²) in [6.07, 6.45) is -0.286. The van der Waals surface area contributed by atoms with E-state index in [4.69, 9.17) is 26.2 Å². The molecule has 1 aliphatic rings. The predicted octanol–water partition coefficient (Wildman–Crippen LogP) is 0.526. The van der Waals surface area contributed by atoms with Crippen molar-refractivity contribution in [1.82, 2.24) is 4.72 Å². The molecule has 0 aromatic heterocycles. The van der Waals surface area contributed by atoms with E-state index in [1.807, 2.05) is 0 Å². The predicted molar refractivity (Wildman–Crippen MR) is 73.1 cm³/mol.